The van der Waals surface area contributed by atoms with Gasteiger partial charge in [0.15, 0.2) is 5.58 Å². The third kappa shape index (κ3) is 5.50. The lowest BCUT2D eigenvalue weighted by molar-refractivity contribution is -0.132. The second-order valence-corrected chi connectivity index (χ2v) is 8.06. The summed E-state index contributed by atoms with van der Waals surface area (Å²) >= 11 is 0. The van der Waals surface area contributed by atoms with Crippen molar-refractivity contribution in [1.29, 1.82) is 5.26 Å². The summed E-state index contributed by atoms with van der Waals surface area (Å²) in [6.07, 6.45) is -2.16. The van der Waals surface area contributed by atoms with Crippen LogP contribution in [0, 0.1) is 11.3 Å². The first-order chi connectivity index (χ1) is 16.4. The molecular formula is C24H24F2N4O4. The van der Waals surface area contributed by atoms with Crippen LogP contribution in [0.5, 0.6) is 0 Å². The lowest BCUT2D eigenvalue weighted by Crippen LogP contribution is -2.46. The van der Waals surface area contributed by atoms with Gasteiger partial charge in [-0.1, -0.05) is 30.3 Å². The first kappa shape index (κ1) is 23.6. The predicted molar refractivity (Wildman–Crippen MR) is 120 cm³/mol. The second kappa shape index (κ2) is 10.6. The number of aromatic nitrogens is 1. The number of nitrogens with one attached hydrogen (secondary N) is 2. The summed E-state index contributed by atoms with van der Waals surface area (Å²) in [5.41, 5.74) is 2.92. The Morgan fingerprint density at radius 2 is 2.00 bits per heavy atom. The standard InChI is InChI=1S/C24H24F2N4O4/c25-22(26)14-30-19-11-17(6-7-20(19)34-24(30)32)16-4-2-15(3-5-16)10-18(12-27)29-23(31)21-13-28-8-1-9-33-21/h2-7,11,18,21-22,28H,1,8-10,13-14H2,(H,29,31)/t18-,21-/m0/s1. The zero-order valence-corrected chi connectivity index (χ0v) is 18.3. The number of amides is 1. The fraction of sp³-hybridized carbons (Fsp3) is 0.375. The molecule has 2 heterocycles. The van der Waals surface area contributed by atoms with Crippen molar-refractivity contribution in [2.45, 2.75) is 38.0 Å². The van der Waals surface area contributed by atoms with Gasteiger partial charge in [-0.2, -0.15) is 5.26 Å². The SMILES string of the molecule is N#C[C@H](Cc1ccc(-c2ccc3oc(=O)n(CC(F)F)c3c2)cc1)NC(=O)[C@@H]1CNCCCO1. The first-order valence-electron chi connectivity index (χ1n) is 11.0. The van der Waals surface area contributed by atoms with Gasteiger partial charge in [0.1, 0.15) is 12.1 Å². The van der Waals surface area contributed by atoms with Crippen molar-refractivity contribution in [2.75, 3.05) is 19.7 Å². The molecule has 0 bridgehead atoms. The van der Waals surface area contributed by atoms with E-state index in [1.54, 1.807) is 18.2 Å². The highest BCUT2D eigenvalue weighted by Gasteiger charge is 2.23. The van der Waals surface area contributed by atoms with E-state index in [9.17, 15) is 23.6 Å². The van der Waals surface area contributed by atoms with Gasteiger partial charge < -0.3 is 19.8 Å². The Bertz CT molecular complexity index is 1240. The average Bonchev–Trinajstić information content (AvgIpc) is 2.99. The van der Waals surface area contributed by atoms with Crippen molar-refractivity contribution in [3.8, 4) is 17.2 Å². The van der Waals surface area contributed by atoms with E-state index in [1.165, 1.54) is 0 Å². The molecule has 0 unspecified atom stereocenters. The Hall–Kier alpha value is -3.55. The van der Waals surface area contributed by atoms with Gasteiger partial charge in [0.05, 0.1) is 18.1 Å². The van der Waals surface area contributed by atoms with Crippen molar-refractivity contribution in [1.82, 2.24) is 15.2 Å². The summed E-state index contributed by atoms with van der Waals surface area (Å²) in [5.74, 6) is -1.14. The van der Waals surface area contributed by atoms with Gasteiger partial charge in [-0.25, -0.2) is 13.6 Å². The number of hydrogen-bond donors (Lipinski definition) is 2. The van der Waals surface area contributed by atoms with Crippen LogP contribution in [0.1, 0.15) is 12.0 Å². The molecule has 0 radical (unpaired) electrons. The third-order valence-corrected chi connectivity index (χ3v) is 5.63. The van der Waals surface area contributed by atoms with E-state index in [0.717, 1.165) is 34.2 Å². The van der Waals surface area contributed by atoms with E-state index >= 15 is 0 Å². The number of rotatable bonds is 7. The van der Waals surface area contributed by atoms with Crippen LogP contribution in [0.4, 0.5) is 8.78 Å². The van der Waals surface area contributed by atoms with Crippen molar-refractivity contribution in [3.63, 3.8) is 0 Å². The largest absolute Gasteiger partial charge is 0.420 e. The van der Waals surface area contributed by atoms with Gasteiger partial charge in [0.2, 0.25) is 0 Å². The Morgan fingerprint density at radius 1 is 1.24 bits per heavy atom. The van der Waals surface area contributed by atoms with Crippen LogP contribution in [0.15, 0.2) is 51.7 Å². The minimum Gasteiger partial charge on any atom is -0.408 e. The molecule has 1 fully saturated rings. The first-order valence-corrected chi connectivity index (χ1v) is 11.0. The number of carbonyl (C=O) groups is 1. The number of nitriles is 1. The van der Waals surface area contributed by atoms with E-state index in [2.05, 4.69) is 16.7 Å². The van der Waals surface area contributed by atoms with Gasteiger partial charge in [-0.05, 0) is 41.8 Å². The summed E-state index contributed by atoms with van der Waals surface area (Å²) in [4.78, 5) is 24.3. The summed E-state index contributed by atoms with van der Waals surface area (Å²) in [5, 5.41) is 15.4. The molecule has 1 aliphatic rings. The monoisotopic (exact) mass is 470 g/mol. The minimum absolute atomic E-state index is 0.242. The topological polar surface area (TPSA) is 109 Å². The van der Waals surface area contributed by atoms with Crippen molar-refractivity contribution in [2.24, 2.45) is 0 Å². The maximum Gasteiger partial charge on any atom is 0.420 e. The van der Waals surface area contributed by atoms with Crippen molar-refractivity contribution >= 4 is 17.0 Å². The normalized spacial score (nSPS) is 17.3. The Balaban J connectivity index is 1.46. The lowest BCUT2D eigenvalue weighted by atomic mass is 10.0. The zero-order chi connectivity index (χ0) is 24.1. The molecule has 0 aliphatic carbocycles. The fourth-order valence-electron chi connectivity index (χ4n) is 3.90. The van der Waals surface area contributed by atoms with E-state index in [-0.39, 0.29) is 11.5 Å². The molecule has 1 saturated heterocycles. The Labute approximate surface area is 194 Å². The number of hydrogen-bond acceptors (Lipinski definition) is 6. The molecule has 4 rings (SSSR count). The molecule has 34 heavy (non-hydrogen) atoms. The van der Waals surface area contributed by atoms with Crippen molar-refractivity contribution < 1.29 is 22.7 Å². The molecule has 0 spiro atoms. The molecule has 1 aliphatic heterocycles. The molecule has 2 aromatic carbocycles. The highest BCUT2D eigenvalue weighted by atomic mass is 19.3. The molecule has 178 valence electrons. The number of ether oxygens (including phenoxy) is 1. The molecule has 0 saturated carbocycles. The summed E-state index contributed by atoms with van der Waals surface area (Å²) in [6.45, 7) is 0.949. The van der Waals surface area contributed by atoms with E-state index in [4.69, 9.17) is 9.15 Å². The predicted octanol–water partition coefficient (Wildman–Crippen LogP) is 2.46. The molecule has 1 aromatic heterocycles. The summed E-state index contributed by atoms with van der Waals surface area (Å²) < 4.78 is 37.2. The van der Waals surface area contributed by atoms with Crippen LogP contribution >= 0.6 is 0 Å². The number of fused-ring (bicyclic) bond motifs is 1. The second-order valence-electron chi connectivity index (χ2n) is 8.06. The van der Waals surface area contributed by atoms with Crippen LogP contribution in [0.3, 0.4) is 0 Å². The maximum absolute atomic E-state index is 12.8. The van der Waals surface area contributed by atoms with Gasteiger partial charge in [-0.15, -0.1) is 0 Å². The average molecular weight is 470 g/mol. The molecule has 8 nitrogen and oxygen atoms in total. The van der Waals surface area contributed by atoms with Crippen LogP contribution in [-0.2, 0) is 22.5 Å². The molecule has 1 amide bonds. The number of oxazole rings is 1. The Morgan fingerprint density at radius 3 is 2.74 bits per heavy atom. The highest BCUT2D eigenvalue weighted by molar-refractivity contribution is 5.82. The molecule has 2 N–H and O–H groups in total. The number of benzene rings is 2. The minimum atomic E-state index is -2.68. The fourth-order valence-corrected chi connectivity index (χ4v) is 3.90. The van der Waals surface area contributed by atoms with E-state index in [0.29, 0.717) is 25.1 Å². The third-order valence-electron chi connectivity index (χ3n) is 5.63. The maximum atomic E-state index is 12.8. The lowest BCUT2D eigenvalue weighted by Gasteiger charge is -2.18. The number of nitrogens with zero attached hydrogens (tertiary/aromatic N) is 2. The van der Waals surface area contributed by atoms with Crippen LogP contribution in [0.25, 0.3) is 22.2 Å². The number of halogens is 2. The van der Waals surface area contributed by atoms with Gasteiger partial charge in [0, 0.05) is 19.6 Å². The van der Waals surface area contributed by atoms with E-state index < -0.39 is 30.9 Å². The van der Waals surface area contributed by atoms with Crippen LogP contribution in [0.2, 0.25) is 0 Å². The van der Waals surface area contributed by atoms with E-state index in [1.807, 2.05) is 24.3 Å². The van der Waals surface area contributed by atoms with Gasteiger partial charge in [0.25, 0.3) is 12.3 Å². The molecule has 10 heteroatoms. The highest BCUT2D eigenvalue weighted by Crippen LogP contribution is 2.25. The van der Waals surface area contributed by atoms with Gasteiger partial charge >= 0.3 is 5.76 Å². The number of alkyl halides is 2. The zero-order valence-electron chi connectivity index (χ0n) is 18.3. The molecular weight excluding hydrogens is 446 g/mol. The Kier molecular flexibility index (Phi) is 7.35. The smallest absolute Gasteiger partial charge is 0.408 e. The summed E-state index contributed by atoms with van der Waals surface area (Å²) in [7, 11) is 0. The number of carbonyl (C=O) groups excluding carboxylic acids is 1. The molecule has 3 aromatic rings. The quantitative estimate of drug-likeness (QED) is 0.549. The van der Waals surface area contributed by atoms with Crippen LogP contribution < -0.4 is 16.4 Å². The summed E-state index contributed by atoms with van der Waals surface area (Å²) in [6, 6.07) is 13.7. The van der Waals surface area contributed by atoms with Crippen molar-refractivity contribution in [3.05, 3.63) is 58.6 Å². The molecule has 2 atom stereocenters. The van der Waals surface area contributed by atoms with Crippen LogP contribution in [-0.4, -0.2) is 48.7 Å². The van der Waals surface area contributed by atoms with Gasteiger partial charge in [-0.3, -0.25) is 9.36 Å².